The minimum absolute atomic E-state index is 0.151. The van der Waals surface area contributed by atoms with Crippen LogP contribution >= 0.6 is 0 Å². The zero-order valence-electron chi connectivity index (χ0n) is 9.95. The Kier molecular flexibility index (Phi) is 3.92. The van der Waals surface area contributed by atoms with Gasteiger partial charge in [0.1, 0.15) is 0 Å². The van der Waals surface area contributed by atoms with Gasteiger partial charge in [-0.05, 0) is 43.6 Å². The lowest BCUT2D eigenvalue weighted by Crippen LogP contribution is -2.28. The third-order valence-electron chi connectivity index (χ3n) is 3.35. The van der Waals surface area contributed by atoms with E-state index in [9.17, 15) is 18.3 Å². The van der Waals surface area contributed by atoms with Gasteiger partial charge >= 0.3 is 6.18 Å². The molecular weight excluding hydrogens is 243 g/mol. The van der Waals surface area contributed by atoms with Crippen LogP contribution in [0.25, 0.3) is 0 Å². The number of hydrogen-bond donors (Lipinski definition) is 1. The van der Waals surface area contributed by atoms with Crippen LogP contribution in [0, 0.1) is 0 Å². The summed E-state index contributed by atoms with van der Waals surface area (Å²) in [6.45, 7) is 1.52. The van der Waals surface area contributed by atoms with Crippen molar-refractivity contribution in [3.05, 3.63) is 35.4 Å². The quantitative estimate of drug-likeness (QED) is 0.902. The first kappa shape index (κ1) is 13.4. The first-order valence-corrected chi connectivity index (χ1v) is 6.04. The number of alkyl halides is 3. The summed E-state index contributed by atoms with van der Waals surface area (Å²) in [7, 11) is 0. The van der Waals surface area contributed by atoms with Gasteiger partial charge in [-0.3, -0.25) is 4.90 Å². The molecule has 1 heterocycles. The smallest absolute Gasteiger partial charge is 0.394 e. The SMILES string of the molecule is OC[C@@H](c1cccc(C(F)(F)F)c1)N1CCCC1. The summed E-state index contributed by atoms with van der Waals surface area (Å²) >= 11 is 0. The highest BCUT2D eigenvalue weighted by atomic mass is 19.4. The molecule has 0 spiro atoms. The number of aliphatic hydroxyl groups is 1. The Morgan fingerprint density at radius 2 is 1.89 bits per heavy atom. The Hall–Kier alpha value is -1.07. The number of likely N-dealkylation sites (tertiary alicyclic amines) is 1. The van der Waals surface area contributed by atoms with Crippen molar-refractivity contribution in [2.45, 2.75) is 25.1 Å². The van der Waals surface area contributed by atoms with Crippen LogP contribution in [0.4, 0.5) is 13.2 Å². The second kappa shape index (κ2) is 5.28. The van der Waals surface area contributed by atoms with Crippen molar-refractivity contribution < 1.29 is 18.3 Å². The van der Waals surface area contributed by atoms with Crippen molar-refractivity contribution in [2.24, 2.45) is 0 Å². The van der Waals surface area contributed by atoms with Crippen LogP contribution in [0.15, 0.2) is 24.3 Å². The van der Waals surface area contributed by atoms with E-state index in [-0.39, 0.29) is 12.6 Å². The van der Waals surface area contributed by atoms with Crippen molar-refractivity contribution in [1.29, 1.82) is 0 Å². The highest BCUT2D eigenvalue weighted by molar-refractivity contribution is 5.28. The number of nitrogens with zero attached hydrogens (tertiary/aromatic N) is 1. The zero-order chi connectivity index (χ0) is 13.2. The van der Waals surface area contributed by atoms with Crippen molar-refractivity contribution in [3.63, 3.8) is 0 Å². The van der Waals surface area contributed by atoms with Crippen LogP contribution in [0.5, 0.6) is 0 Å². The highest BCUT2D eigenvalue weighted by Gasteiger charge is 2.31. The third kappa shape index (κ3) is 2.84. The van der Waals surface area contributed by atoms with Gasteiger partial charge in [-0.25, -0.2) is 0 Å². The predicted octanol–water partition coefficient (Wildman–Crippen LogP) is 2.83. The number of hydrogen-bond acceptors (Lipinski definition) is 2. The Bertz CT molecular complexity index is 399. The number of halogens is 3. The molecule has 0 aromatic heterocycles. The van der Waals surface area contributed by atoms with Gasteiger partial charge in [-0.2, -0.15) is 13.2 Å². The first-order valence-electron chi connectivity index (χ1n) is 6.04. The Morgan fingerprint density at radius 3 is 2.44 bits per heavy atom. The van der Waals surface area contributed by atoms with Gasteiger partial charge < -0.3 is 5.11 Å². The second-order valence-electron chi connectivity index (χ2n) is 4.56. The summed E-state index contributed by atoms with van der Waals surface area (Å²) in [6.07, 6.45) is -2.26. The van der Waals surface area contributed by atoms with Crippen molar-refractivity contribution in [2.75, 3.05) is 19.7 Å². The normalized spacial score (nSPS) is 19.1. The van der Waals surface area contributed by atoms with Gasteiger partial charge in [0.2, 0.25) is 0 Å². The minimum atomic E-state index is -4.33. The van der Waals surface area contributed by atoms with Gasteiger partial charge in [0, 0.05) is 0 Å². The van der Waals surface area contributed by atoms with Crippen molar-refractivity contribution >= 4 is 0 Å². The molecule has 18 heavy (non-hydrogen) atoms. The number of aliphatic hydroxyl groups excluding tert-OH is 1. The lowest BCUT2D eigenvalue weighted by molar-refractivity contribution is -0.137. The summed E-state index contributed by atoms with van der Waals surface area (Å²) in [6, 6.07) is 4.92. The third-order valence-corrected chi connectivity index (χ3v) is 3.35. The molecule has 0 radical (unpaired) electrons. The van der Waals surface area contributed by atoms with Gasteiger partial charge in [0.25, 0.3) is 0 Å². The highest BCUT2D eigenvalue weighted by Crippen LogP contribution is 2.32. The maximum absolute atomic E-state index is 12.6. The second-order valence-corrected chi connectivity index (χ2v) is 4.56. The predicted molar refractivity (Wildman–Crippen MR) is 62.1 cm³/mol. The van der Waals surface area contributed by atoms with Crippen LogP contribution < -0.4 is 0 Å². The standard InChI is InChI=1S/C13H16F3NO/c14-13(15,16)11-5-3-4-10(8-11)12(9-18)17-6-1-2-7-17/h3-5,8,12,18H,1-2,6-7,9H2/t12-/m0/s1. The fraction of sp³-hybridized carbons (Fsp3) is 0.538. The topological polar surface area (TPSA) is 23.5 Å². The van der Waals surface area contributed by atoms with Crippen molar-refractivity contribution in [1.82, 2.24) is 4.90 Å². The summed E-state index contributed by atoms with van der Waals surface area (Å²) in [5.74, 6) is 0. The minimum Gasteiger partial charge on any atom is -0.394 e. The Labute approximate surface area is 104 Å². The van der Waals surface area contributed by atoms with E-state index in [0.717, 1.165) is 38.1 Å². The van der Waals surface area contributed by atoms with E-state index < -0.39 is 11.7 Å². The van der Waals surface area contributed by atoms with E-state index in [1.54, 1.807) is 6.07 Å². The molecule has 0 unspecified atom stereocenters. The first-order chi connectivity index (χ1) is 8.52. The summed E-state index contributed by atoms with van der Waals surface area (Å²) in [4.78, 5) is 2.04. The van der Waals surface area contributed by atoms with Crippen LogP contribution in [0.3, 0.4) is 0 Å². The van der Waals surface area contributed by atoms with E-state index in [0.29, 0.717) is 5.56 Å². The van der Waals surface area contributed by atoms with Crippen LogP contribution in [-0.2, 0) is 6.18 Å². The number of rotatable bonds is 3. The molecular formula is C13H16F3NO. The molecule has 1 aromatic rings. The molecule has 2 rings (SSSR count). The lowest BCUT2D eigenvalue weighted by Gasteiger charge is -2.26. The average molecular weight is 259 g/mol. The molecule has 1 atom stereocenters. The van der Waals surface area contributed by atoms with Gasteiger partial charge in [-0.15, -0.1) is 0 Å². The zero-order valence-corrected chi connectivity index (χ0v) is 9.95. The summed E-state index contributed by atoms with van der Waals surface area (Å²) in [5.41, 5.74) is -0.119. The summed E-state index contributed by atoms with van der Waals surface area (Å²) < 4.78 is 37.9. The monoisotopic (exact) mass is 259 g/mol. The maximum Gasteiger partial charge on any atom is 0.416 e. The van der Waals surface area contributed by atoms with Gasteiger partial charge in [-0.1, -0.05) is 12.1 Å². The lowest BCUT2D eigenvalue weighted by atomic mass is 10.0. The Morgan fingerprint density at radius 1 is 1.22 bits per heavy atom. The number of benzene rings is 1. The molecule has 0 saturated carbocycles. The average Bonchev–Trinajstić information content (AvgIpc) is 2.83. The molecule has 0 bridgehead atoms. The van der Waals surface area contributed by atoms with Gasteiger partial charge in [0.15, 0.2) is 0 Å². The van der Waals surface area contributed by atoms with E-state index in [4.69, 9.17) is 0 Å². The van der Waals surface area contributed by atoms with Crippen LogP contribution in [0.1, 0.15) is 30.0 Å². The van der Waals surface area contributed by atoms with E-state index in [1.165, 1.54) is 6.07 Å². The van der Waals surface area contributed by atoms with Crippen LogP contribution in [0.2, 0.25) is 0 Å². The molecule has 100 valence electrons. The van der Waals surface area contributed by atoms with Gasteiger partial charge in [0.05, 0.1) is 18.2 Å². The Balaban J connectivity index is 2.25. The molecule has 5 heteroatoms. The van der Waals surface area contributed by atoms with E-state index in [1.807, 2.05) is 4.90 Å². The molecule has 1 aliphatic rings. The van der Waals surface area contributed by atoms with E-state index in [2.05, 4.69) is 0 Å². The molecule has 1 aromatic carbocycles. The fourth-order valence-corrected chi connectivity index (χ4v) is 2.41. The molecule has 2 nitrogen and oxygen atoms in total. The van der Waals surface area contributed by atoms with E-state index >= 15 is 0 Å². The van der Waals surface area contributed by atoms with Crippen LogP contribution in [-0.4, -0.2) is 29.7 Å². The molecule has 1 saturated heterocycles. The molecule has 1 aliphatic heterocycles. The maximum atomic E-state index is 12.6. The molecule has 1 N–H and O–H groups in total. The van der Waals surface area contributed by atoms with Crippen molar-refractivity contribution in [3.8, 4) is 0 Å². The molecule has 0 amide bonds. The fourth-order valence-electron chi connectivity index (χ4n) is 2.41. The molecule has 0 aliphatic carbocycles. The largest absolute Gasteiger partial charge is 0.416 e. The summed E-state index contributed by atoms with van der Waals surface area (Å²) in [5, 5.41) is 9.41. The molecule has 1 fully saturated rings.